The topological polar surface area (TPSA) is 61.5 Å². The monoisotopic (exact) mass is 344 g/mol. The SMILES string of the molecule is COCCN(C)CN(c1c(C=O)cnc2[nH]ccc12)C1CCCCC1. The van der Waals surface area contributed by atoms with Crippen LogP contribution in [0.15, 0.2) is 18.5 Å². The van der Waals surface area contributed by atoms with Gasteiger partial charge in [-0.05, 0) is 26.0 Å². The number of H-pyrrole nitrogens is 1. The van der Waals surface area contributed by atoms with Crippen molar-refractivity contribution in [3.63, 3.8) is 0 Å². The highest BCUT2D eigenvalue weighted by atomic mass is 16.5. The van der Waals surface area contributed by atoms with Gasteiger partial charge in [-0.1, -0.05) is 19.3 Å². The molecule has 0 radical (unpaired) electrons. The first-order valence-corrected chi connectivity index (χ1v) is 9.10. The molecule has 2 aromatic heterocycles. The molecule has 1 fully saturated rings. The predicted octanol–water partition coefficient (Wildman–Crippen LogP) is 3.05. The number of hydrogen-bond acceptors (Lipinski definition) is 5. The van der Waals surface area contributed by atoms with Crippen molar-refractivity contribution in [2.45, 2.75) is 38.1 Å². The molecule has 3 rings (SSSR count). The summed E-state index contributed by atoms with van der Waals surface area (Å²) < 4.78 is 5.22. The number of carbonyl (C=O) groups is 1. The van der Waals surface area contributed by atoms with Gasteiger partial charge in [-0.2, -0.15) is 0 Å². The van der Waals surface area contributed by atoms with Crippen LogP contribution in [0.1, 0.15) is 42.5 Å². The van der Waals surface area contributed by atoms with Crippen molar-refractivity contribution in [3.05, 3.63) is 24.0 Å². The van der Waals surface area contributed by atoms with Crippen molar-refractivity contribution < 1.29 is 9.53 Å². The number of aromatic nitrogens is 2. The molecule has 6 heteroatoms. The molecule has 0 aliphatic heterocycles. The molecule has 1 saturated carbocycles. The highest BCUT2D eigenvalue weighted by Gasteiger charge is 2.26. The molecule has 2 aromatic rings. The Morgan fingerprint density at radius 3 is 2.88 bits per heavy atom. The standard InChI is InChI=1S/C19H28N4O2/c1-22(10-11-25-2)14-23(16-6-4-3-5-7-16)18-15(13-24)12-21-19-17(18)8-9-20-19/h8-9,12-13,16H,3-7,10-11,14H2,1-2H3,(H,20,21). The van der Waals surface area contributed by atoms with Gasteiger partial charge in [-0.15, -0.1) is 0 Å². The van der Waals surface area contributed by atoms with Gasteiger partial charge in [0.2, 0.25) is 0 Å². The quantitative estimate of drug-likeness (QED) is 0.589. The van der Waals surface area contributed by atoms with Crippen LogP contribution in [0.3, 0.4) is 0 Å². The first-order valence-electron chi connectivity index (χ1n) is 9.10. The number of carbonyl (C=O) groups excluding carboxylic acids is 1. The zero-order chi connectivity index (χ0) is 17.6. The van der Waals surface area contributed by atoms with Gasteiger partial charge in [0.1, 0.15) is 5.65 Å². The average Bonchev–Trinajstić information content (AvgIpc) is 3.13. The summed E-state index contributed by atoms with van der Waals surface area (Å²) >= 11 is 0. The van der Waals surface area contributed by atoms with Gasteiger partial charge in [0.05, 0.1) is 24.5 Å². The zero-order valence-electron chi connectivity index (χ0n) is 15.2. The molecule has 25 heavy (non-hydrogen) atoms. The van der Waals surface area contributed by atoms with E-state index in [4.69, 9.17) is 4.74 Å². The molecular formula is C19H28N4O2. The van der Waals surface area contributed by atoms with E-state index in [0.29, 0.717) is 18.2 Å². The van der Waals surface area contributed by atoms with Gasteiger partial charge in [0.25, 0.3) is 0 Å². The maximum atomic E-state index is 11.7. The molecule has 0 unspecified atom stereocenters. The van der Waals surface area contributed by atoms with Gasteiger partial charge in [-0.3, -0.25) is 9.69 Å². The van der Waals surface area contributed by atoms with E-state index >= 15 is 0 Å². The van der Waals surface area contributed by atoms with Crippen LogP contribution in [-0.2, 0) is 4.74 Å². The number of methoxy groups -OCH3 is 1. The lowest BCUT2D eigenvalue weighted by Gasteiger charge is -2.39. The van der Waals surface area contributed by atoms with Crippen LogP contribution in [0.25, 0.3) is 11.0 Å². The van der Waals surface area contributed by atoms with Crippen LogP contribution < -0.4 is 4.90 Å². The van der Waals surface area contributed by atoms with Crippen LogP contribution >= 0.6 is 0 Å². The highest BCUT2D eigenvalue weighted by Crippen LogP contribution is 2.34. The van der Waals surface area contributed by atoms with E-state index in [1.165, 1.54) is 32.1 Å². The van der Waals surface area contributed by atoms with Crippen LogP contribution in [0.5, 0.6) is 0 Å². The summed E-state index contributed by atoms with van der Waals surface area (Å²) in [5, 5.41) is 1.02. The Morgan fingerprint density at radius 2 is 2.16 bits per heavy atom. The molecule has 1 aliphatic rings. The van der Waals surface area contributed by atoms with Gasteiger partial charge in [0.15, 0.2) is 6.29 Å². The van der Waals surface area contributed by atoms with Crippen LogP contribution in [-0.4, -0.2) is 61.2 Å². The van der Waals surface area contributed by atoms with E-state index in [1.807, 2.05) is 12.3 Å². The lowest BCUT2D eigenvalue weighted by atomic mass is 9.93. The third-order valence-electron chi connectivity index (χ3n) is 5.09. The lowest BCUT2D eigenvalue weighted by molar-refractivity contribution is 0.112. The van der Waals surface area contributed by atoms with Crippen LogP contribution in [0.2, 0.25) is 0 Å². The van der Waals surface area contributed by atoms with E-state index in [0.717, 1.165) is 36.2 Å². The Balaban J connectivity index is 1.98. The number of hydrogen-bond donors (Lipinski definition) is 1. The predicted molar refractivity (Wildman–Crippen MR) is 100 cm³/mol. The minimum Gasteiger partial charge on any atom is -0.383 e. The number of ether oxygens (including phenoxy) is 1. The van der Waals surface area contributed by atoms with Crippen molar-refractivity contribution in [2.75, 3.05) is 38.9 Å². The molecule has 1 aliphatic carbocycles. The molecule has 2 heterocycles. The summed E-state index contributed by atoms with van der Waals surface area (Å²) in [5.74, 6) is 0. The van der Waals surface area contributed by atoms with E-state index in [1.54, 1.807) is 13.3 Å². The van der Waals surface area contributed by atoms with Crippen molar-refractivity contribution in [2.24, 2.45) is 0 Å². The second kappa shape index (κ2) is 8.45. The highest BCUT2D eigenvalue weighted by molar-refractivity contribution is 5.99. The second-order valence-electron chi connectivity index (χ2n) is 6.90. The number of fused-ring (bicyclic) bond motifs is 1. The molecular weight excluding hydrogens is 316 g/mol. The molecule has 136 valence electrons. The number of pyridine rings is 1. The third kappa shape index (κ3) is 4.02. The number of nitrogens with zero attached hydrogens (tertiary/aromatic N) is 3. The van der Waals surface area contributed by atoms with E-state index in [-0.39, 0.29) is 0 Å². The van der Waals surface area contributed by atoms with Crippen LogP contribution in [0, 0.1) is 0 Å². The molecule has 6 nitrogen and oxygen atoms in total. The minimum absolute atomic E-state index is 0.456. The van der Waals surface area contributed by atoms with Crippen molar-refractivity contribution in [3.8, 4) is 0 Å². The maximum Gasteiger partial charge on any atom is 0.153 e. The first kappa shape index (κ1) is 17.9. The molecule has 0 bridgehead atoms. The smallest absolute Gasteiger partial charge is 0.153 e. The number of anilines is 1. The number of nitrogens with one attached hydrogen (secondary N) is 1. The Hall–Kier alpha value is -1.92. The van der Waals surface area contributed by atoms with E-state index in [2.05, 4.69) is 26.8 Å². The van der Waals surface area contributed by atoms with Crippen molar-refractivity contribution in [1.29, 1.82) is 0 Å². The van der Waals surface area contributed by atoms with Gasteiger partial charge < -0.3 is 14.6 Å². The lowest BCUT2D eigenvalue weighted by Crippen LogP contribution is -2.45. The Kier molecular flexibility index (Phi) is 6.04. The summed E-state index contributed by atoms with van der Waals surface area (Å²) in [6, 6.07) is 2.48. The van der Waals surface area contributed by atoms with E-state index in [9.17, 15) is 4.79 Å². The minimum atomic E-state index is 0.456. The Bertz CT molecular complexity index is 694. The number of rotatable bonds is 8. The van der Waals surface area contributed by atoms with Crippen molar-refractivity contribution in [1.82, 2.24) is 14.9 Å². The maximum absolute atomic E-state index is 11.7. The zero-order valence-corrected chi connectivity index (χ0v) is 15.2. The second-order valence-corrected chi connectivity index (χ2v) is 6.90. The summed E-state index contributed by atoms with van der Waals surface area (Å²) in [5.41, 5.74) is 2.51. The fourth-order valence-electron chi connectivity index (χ4n) is 3.76. The molecule has 0 aromatic carbocycles. The van der Waals surface area contributed by atoms with Crippen molar-refractivity contribution >= 4 is 23.0 Å². The normalized spacial score (nSPS) is 15.8. The molecule has 0 amide bonds. The van der Waals surface area contributed by atoms with Crippen LogP contribution in [0.4, 0.5) is 5.69 Å². The summed E-state index contributed by atoms with van der Waals surface area (Å²) in [7, 11) is 3.83. The number of aldehydes is 1. The first-order chi connectivity index (χ1) is 12.2. The summed E-state index contributed by atoms with van der Waals surface area (Å²) in [4.78, 5) is 23.9. The Labute approximate surface area is 149 Å². The van der Waals surface area contributed by atoms with Gasteiger partial charge in [0, 0.05) is 37.5 Å². The fraction of sp³-hybridized carbons (Fsp3) is 0.579. The molecule has 0 saturated heterocycles. The van der Waals surface area contributed by atoms with E-state index < -0.39 is 0 Å². The van der Waals surface area contributed by atoms with Gasteiger partial charge >= 0.3 is 0 Å². The molecule has 0 spiro atoms. The Morgan fingerprint density at radius 1 is 1.36 bits per heavy atom. The van der Waals surface area contributed by atoms with Gasteiger partial charge in [-0.25, -0.2) is 4.98 Å². The largest absolute Gasteiger partial charge is 0.383 e. The number of aromatic amines is 1. The molecule has 0 atom stereocenters. The fourth-order valence-corrected chi connectivity index (χ4v) is 3.76. The average molecular weight is 344 g/mol. The summed E-state index contributed by atoms with van der Waals surface area (Å²) in [6.45, 7) is 2.34. The molecule has 1 N–H and O–H groups in total. The number of likely N-dealkylation sites (N-methyl/N-ethyl adjacent to an activating group) is 1. The third-order valence-corrected chi connectivity index (χ3v) is 5.09. The summed E-state index contributed by atoms with van der Waals surface area (Å²) in [6.07, 6.45) is 10.7.